The monoisotopic (exact) mass is 1270 g/mol. The Labute approximate surface area is 512 Å². The van der Waals surface area contributed by atoms with Gasteiger partial charge in [0.25, 0.3) is 0 Å². The van der Waals surface area contributed by atoms with E-state index < -0.39 is 134 Å². The Hall–Kier alpha value is -5.76. The van der Waals surface area contributed by atoms with Gasteiger partial charge in [-0.25, -0.2) is 19.6 Å². The fourth-order valence-corrected chi connectivity index (χ4v) is 8.53. The number of guanidine groups is 2. The van der Waals surface area contributed by atoms with Gasteiger partial charge in [0.2, 0.25) is 23.3 Å². The molecular weight excluding hydrogens is 1170 g/mol. The molecule has 2 amide bonds. The summed E-state index contributed by atoms with van der Waals surface area (Å²) in [6.45, 7) is 8.16. The number of aliphatic hydroxyl groups excluding tert-OH is 4. The van der Waals surface area contributed by atoms with Gasteiger partial charge in [-0.3, -0.25) is 19.2 Å². The zero-order valence-electron chi connectivity index (χ0n) is 50.7. The van der Waals surface area contributed by atoms with Crippen LogP contribution in [0.4, 0.5) is 0 Å². The number of carboxylic acids is 2. The minimum Gasteiger partial charge on any atom is -0.480 e. The SMILES string of the molecule is CCCOCCOCCOCCOCCOCCOCCOCCC(=O)N(CCOCCCC(=O)CO[C@@H]([C@@H]1OC(C(=O)O)=C[C@H](N=C(N)N)[C@H]1C)[C@H](O)CO)CCOCCCC(=O)CO[C@@H]([C@@H]1OC(C(=O)O)=C[C@H](N=C(N)N)[C@H]1NC(C)=O)[C@H](O)CO. The number of aliphatic hydroxyl groups is 4. The Bertz CT molecular complexity index is 2140. The molecule has 2 aliphatic heterocycles. The Balaban J connectivity index is 1.89. The van der Waals surface area contributed by atoms with E-state index in [-0.39, 0.29) is 103 Å². The molecule has 2 heterocycles. The molecule has 0 radical (unpaired) electrons. The third-order valence-corrected chi connectivity index (χ3v) is 12.9. The van der Waals surface area contributed by atoms with Crippen molar-refractivity contribution in [1.29, 1.82) is 0 Å². The van der Waals surface area contributed by atoms with Gasteiger partial charge in [0.05, 0.1) is 137 Å². The molecular formula is C55H96N8O25. The molecule has 2 aliphatic rings. The van der Waals surface area contributed by atoms with Gasteiger partial charge in [0, 0.05) is 58.6 Å². The molecule has 0 fully saturated rings. The molecule has 10 atom stereocenters. The smallest absolute Gasteiger partial charge is 0.370 e. The summed E-state index contributed by atoms with van der Waals surface area (Å²) in [5.41, 5.74) is 22.2. The summed E-state index contributed by atoms with van der Waals surface area (Å²) in [4.78, 5) is 84.9. The number of carboxylic acid groups (broad SMARTS) is 2. The number of rotatable bonds is 54. The zero-order chi connectivity index (χ0) is 65.1. The average Bonchev–Trinajstić information content (AvgIpc) is 3.43. The summed E-state index contributed by atoms with van der Waals surface area (Å²) in [7, 11) is 0. The molecule has 0 saturated carbocycles. The van der Waals surface area contributed by atoms with E-state index in [1.165, 1.54) is 17.9 Å². The molecule has 2 rings (SSSR count). The molecule has 0 bridgehead atoms. The molecule has 0 aromatic carbocycles. The lowest BCUT2D eigenvalue weighted by molar-refractivity contribution is -0.159. The number of ether oxygens (including phenoxy) is 13. The van der Waals surface area contributed by atoms with E-state index in [0.717, 1.165) is 19.1 Å². The first-order valence-corrected chi connectivity index (χ1v) is 29.2. The van der Waals surface area contributed by atoms with Gasteiger partial charge >= 0.3 is 11.9 Å². The minimum atomic E-state index is -1.72. The van der Waals surface area contributed by atoms with Crippen molar-refractivity contribution < 1.29 is 121 Å². The maximum Gasteiger partial charge on any atom is 0.370 e. The van der Waals surface area contributed by atoms with Crippen molar-refractivity contribution in [2.45, 2.75) is 114 Å². The van der Waals surface area contributed by atoms with Crippen LogP contribution in [0.5, 0.6) is 0 Å². The van der Waals surface area contributed by atoms with Crippen molar-refractivity contribution in [3.8, 4) is 0 Å². The summed E-state index contributed by atoms with van der Waals surface area (Å²) in [5, 5.41) is 62.9. The number of Topliss-reactive ketones (excluding diaryl/α,β-unsaturated/α-hetero) is 2. The molecule has 506 valence electrons. The molecule has 0 aromatic heterocycles. The topological polar surface area (TPSA) is 488 Å². The Morgan fingerprint density at radius 2 is 0.932 bits per heavy atom. The number of carbonyl (C=O) groups excluding carboxylic acids is 4. The normalized spacial score (nSPS) is 19.6. The standard InChI is InChI=1S/C55H96N8O25/c1-4-12-76-18-20-80-22-24-82-26-28-84-29-27-83-25-23-81-21-19-79-15-9-46(71)63(10-16-77-13-5-7-38(67)34-85-49(42(69)32-64)48-36(2)40(61-54(56)57)30-44(87-48)52(72)73)11-17-78-14-6-8-39(68)35-86-50(43(70)33-65)51-47(60-37(3)66)41(62-55(58)59)31-45(88-51)53(74)75/h30-31,36,40-43,47-51,64-65,69-70H,4-29,32-35H2,1-3H3,(H,60,66)(H,72,73)(H,74,75)(H4,56,57,61)(H4,58,59,62)/t36-,40+,41+,42-,43-,47-,48-,49-,50-,51-/m1/s1. The molecule has 0 aliphatic carbocycles. The van der Waals surface area contributed by atoms with Gasteiger partial charge in [0.15, 0.2) is 29.6 Å². The van der Waals surface area contributed by atoms with Crippen LogP contribution in [0, 0.1) is 5.92 Å². The maximum absolute atomic E-state index is 13.5. The summed E-state index contributed by atoms with van der Waals surface area (Å²) in [6.07, 6.45) is -5.30. The fraction of sp³-hybridized carbons (Fsp3) is 0.782. The lowest BCUT2D eigenvalue weighted by Gasteiger charge is -2.40. The van der Waals surface area contributed by atoms with Crippen LogP contribution in [-0.4, -0.2) is 296 Å². The number of nitrogens with two attached hydrogens (primary N) is 4. The molecule has 33 heteroatoms. The van der Waals surface area contributed by atoms with E-state index in [2.05, 4.69) is 15.3 Å². The van der Waals surface area contributed by atoms with Crippen LogP contribution in [-0.2, 0) is 90.3 Å². The van der Waals surface area contributed by atoms with Crippen LogP contribution >= 0.6 is 0 Å². The van der Waals surface area contributed by atoms with E-state index in [9.17, 15) is 59.4 Å². The number of hydrogen-bond donors (Lipinski definition) is 11. The van der Waals surface area contributed by atoms with Crippen molar-refractivity contribution in [1.82, 2.24) is 10.2 Å². The Morgan fingerprint density at radius 3 is 1.33 bits per heavy atom. The second-order valence-corrected chi connectivity index (χ2v) is 20.0. The van der Waals surface area contributed by atoms with E-state index in [0.29, 0.717) is 66.1 Å². The summed E-state index contributed by atoms with van der Waals surface area (Å²) < 4.78 is 72.7. The first kappa shape index (κ1) is 78.3. The molecule has 0 unspecified atom stereocenters. The average molecular weight is 1270 g/mol. The second kappa shape index (κ2) is 47.2. The van der Waals surface area contributed by atoms with Gasteiger partial charge in [-0.15, -0.1) is 0 Å². The van der Waals surface area contributed by atoms with Crippen LogP contribution in [0.15, 0.2) is 33.7 Å². The number of ketones is 2. The lowest BCUT2D eigenvalue weighted by atomic mass is 9.87. The van der Waals surface area contributed by atoms with Crippen molar-refractivity contribution in [2.24, 2.45) is 38.8 Å². The van der Waals surface area contributed by atoms with E-state index in [1.807, 2.05) is 6.92 Å². The largest absolute Gasteiger partial charge is 0.480 e. The summed E-state index contributed by atoms with van der Waals surface area (Å²) in [6, 6.07) is -3.28. The number of aliphatic imine (C=N–C) groups is 2. The zero-order valence-corrected chi connectivity index (χ0v) is 50.7. The van der Waals surface area contributed by atoms with Gasteiger partial charge < -0.3 is 125 Å². The molecule has 0 saturated heterocycles. The number of hydrogen-bond acceptors (Lipinski definition) is 25. The first-order valence-electron chi connectivity index (χ1n) is 29.2. The van der Waals surface area contributed by atoms with Crippen molar-refractivity contribution in [3.63, 3.8) is 0 Å². The second-order valence-electron chi connectivity index (χ2n) is 20.0. The molecule has 33 nitrogen and oxygen atoms in total. The minimum absolute atomic E-state index is 0.00523. The van der Waals surface area contributed by atoms with Crippen LogP contribution in [0.3, 0.4) is 0 Å². The third kappa shape index (κ3) is 33.7. The molecule has 0 spiro atoms. The number of nitrogens with one attached hydrogen (secondary N) is 1. The number of aliphatic carboxylic acids is 2. The van der Waals surface area contributed by atoms with E-state index in [4.69, 9.17) is 84.5 Å². The predicted molar refractivity (Wildman–Crippen MR) is 310 cm³/mol. The lowest BCUT2D eigenvalue weighted by Crippen LogP contribution is -2.60. The number of carbonyl (C=O) groups is 6. The van der Waals surface area contributed by atoms with Crippen LogP contribution in [0.25, 0.3) is 0 Å². The Morgan fingerprint density at radius 1 is 0.557 bits per heavy atom. The molecule has 88 heavy (non-hydrogen) atoms. The molecule has 0 aromatic rings. The van der Waals surface area contributed by atoms with Gasteiger partial charge in [0.1, 0.15) is 43.7 Å². The number of nitrogens with zero attached hydrogens (tertiary/aromatic N) is 3. The van der Waals surface area contributed by atoms with Crippen LogP contribution in [0.1, 0.15) is 59.3 Å². The quantitative estimate of drug-likeness (QED) is 0.0158. The van der Waals surface area contributed by atoms with Gasteiger partial charge in [-0.2, -0.15) is 0 Å². The van der Waals surface area contributed by atoms with Crippen molar-refractivity contribution >= 4 is 47.2 Å². The highest BCUT2D eigenvalue weighted by Crippen LogP contribution is 2.31. The highest BCUT2D eigenvalue weighted by Gasteiger charge is 2.46. The van der Waals surface area contributed by atoms with Crippen molar-refractivity contribution in [2.75, 3.05) is 158 Å². The van der Waals surface area contributed by atoms with E-state index >= 15 is 0 Å². The Kier molecular flexibility index (Phi) is 42.0. The predicted octanol–water partition coefficient (Wildman–Crippen LogP) is -3.90. The summed E-state index contributed by atoms with van der Waals surface area (Å²) in [5.74, 6) is -7.26. The fourth-order valence-electron chi connectivity index (χ4n) is 8.53. The highest BCUT2D eigenvalue weighted by molar-refractivity contribution is 5.86. The summed E-state index contributed by atoms with van der Waals surface area (Å²) >= 11 is 0. The van der Waals surface area contributed by atoms with Crippen LogP contribution < -0.4 is 28.3 Å². The first-order chi connectivity index (χ1) is 42.2. The maximum atomic E-state index is 13.5. The van der Waals surface area contributed by atoms with E-state index in [1.54, 1.807) is 6.92 Å². The van der Waals surface area contributed by atoms with Crippen molar-refractivity contribution in [3.05, 3.63) is 23.7 Å². The van der Waals surface area contributed by atoms with Gasteiger partial charge in [-0.1, -0.05) is 13.8 Å². The highest BCUT2D eigenvalue weighted by atomic mass is 16.6. The van der Waals surface area contributed by atoms with Gasteiger partial charge in [-0.05, 0) is 31.4 Å². The number of amides is 2. The molecule has 15 N–H and O–H groups in total. The van der Waals surface area contributed by atoms with Crippen LogP contribution in [0.2, 0.25) is 0 Å². The third-order valence-electron chi connectivity index (χ3n) is 12.9.